The monoisotopic (exact) mass is 617 g/mol. The number of fused-ring (bicyclic) bond motifs is 1. The average molecular weight is 618 g/mol. The van der Waals surface area contributed by atoms with Crippen molar-refractivity contribution >= 4 is 34.4 Å². The number of aliphatic carboxylic acids is 1. The zero-order chi connectivity index (χ0) is 31.2. The van der Waals surface area contributed by atoms with E-state index in [2.05, 4.69) is 26.5 Å². The Morgan fingerprint density at radius 3 is 2.48 bits per heavy atom. The van der Waals surface area contributed by atoms with Crippen molar-refractivity contribution in [1.82, 2.24) is 19.4 Å². The van der Waals surface area contributed by atoms with Crippen LogP contribution in [0.4, 0.5) is 5.82 Å². The molecule has 6 rings (SSSR count). The van der Waals surface area contributed by atoms with Gasteiger partial charge in [-0.25, -0.2) is 14.8 Å². The van der Waals surface area contributed by atoms with Crippen LogP contribution in [-0.4, -0.2) is 81.5 Å². The van der Waals surface area contributed by atoms with Gasteiger partial charge in [0.2, 0.25) is 0 Å². The molecule has 2 fully saturated rings. The summed E-state index contributed by atoms with van der Waals surface area (Å²) in [5, 5.41) is 11.8. The van der Waals surface area contributed by atoms with Gasteiger partial charge in [0, 0.05) is 72.2 Å². The van der Waals surface area contributed by atoms with E-state index in [0.29, 0.717) is 22.3 Å². The largest absolute Gasteiger partial charge is 0.479 e. The highest BCUT2D eigenvalue weighted by Gasteiger charge is 2.33. The maximum atomic E-state index is 12.7. The van der Waals surface area contributed by atoms with Crippen molar-refractivity contribution in [2.45, 2.75) is 51.9 Å². The SMILES string of the molecule is Cc1nc2c(cc(-c3ccnc(N4CCCN(C5COC5)CC4)c3)n2C)c(-c2ccc(Cl)cc2)c1[C@H](OC(C)(C)C)C(=O)O. The van der Waals surface area contributed by atoms with Crippen LogP contribution < -0.4 is 4.90 Å². The summed E-state index contributed by atoms with van der Waals surface area (Å²) >= 11 is 6.27. The van der Waals surface area contributed by atoms with Crippen LogP contribution in [0.25, 0.3) is 33.4 Å². The molecule has 44 heavy (non-hydrogen) atoms. The van der Waals surface area contributed by atoms with E-state index in [0.717, 1.165) is 85.0 Å². The number of pyridine rings is 2. The number of nitrogens with zero attached hydrogens (tertiary/aromatic N) is 5. The highest BCUT2D eigenvalue weighted by molar-refractivity contribution is 6.30. The summed E-state index contributed by atoms with van der Waals surface area (Å²) in [6, 6.07) is 14.3. The third kappa shape index (κ3) is 6.06. The number of ether oxygens (including phenoxy) is 2. The first-order valence-electron chi connectivity index (χ1n) is 15.2. The normalized spacial score (nSPS) is 17.5. The van der Waals surface area contributed by atoms with Crippen molar-refractivity contribution < 1.29 is 19.4 Å². The third-order valence-corrected chi connectivity index (χ3v) is 8.78. The lowest BCUT2D eigenvalue weighted by Crippen LogP contribution is -2.50. The third-order valence-electron chi connectivity index (χ3n) is 8.53. The molecule has 1 atom stereocenters. The molecule has 10 heteroatoms. The van der Waals surface area contributed by atoms with E-state index in [1.54, 1.807) is 0 Å². The maximum absolute atomic E-state index is 12.7. The van der Waals surface area contributed by atoms with E-state index in [1.807, 2.05) is 71.3 Å². The van der Waals surface area contributed by atoms with E-state index in [4.69, 9.17) is 31.0 Å². The molecule has 232 valence electrons. The minimum Gasteiger partial charge on any atom is -0.479 e. The molecule has 2 aliphatic rings. The Morgan fingerprint density at radius 2 is 1.82 bits per heavy atom. The van der Waals surface area contributed by atoms with Gasteiger partial charge in [0.05, 0.1) is 30.6 Å². The van der Waals surface area contributed by atoms with E-state index >= 15 is 0 Å². The second kappa shape index (κ2) is 12.1. The Labute approximate surface area is 263 Å². The molecular formula is C34H40ClN5O4. The molecule has 2 saturated heterocycles. The van der Waals surface area contributed by atoms with Crippen LogP contribution in [0.5, 0.6) is 0 Å². The Morgan fingerprint density at radius 1 is 1.07 bits per heavy atom. The van der Waals surface area contributed by atoms with Gasteiger partial charge in [-0.2, -0.15) is 0 Å². The molecule has 0 unspecified atom stereocenters. The molecule has 0 amide bonds. The molecule has 0 saturated carbocycles. The van der Waals surface area contributed by atoms with Gasteiger partial charge in [-0.1, -0.05) is 23.7 Å². The van der Waals surface area contributed by atoms with Gasteiger partial charge in [-0.05, 0) is 70.0 Å². The number of hydrogen-bond donors (Lipinski definition) is 1. The topological polar surface area (TPSA) is 93.0 Å². The summed E-state index contributed by atoms with van der Waals surface area (Å²) in [5.41, 5.74) is 4.84. The maximum Gasteiger partial charge on any atom is 0.337 e. The summed E-state index contributed by atoms with van der Waals surface area (Å²) < 4.78 is 13.7. The van der Waals surface area contributed by atoms with Gasteiger partial charge in [0.25, 0.3) is 0 Å². The first kappa shape index (κ1) is 30.5. The van der Waals surface area contributed by atoms with Crippen LogP contribution in [0.3, 0.4) is 0 Å². The fourth-order valence-corrected chi connectivity index (χ4v) is 6.41. The highest BCUT2D eigenvalue weighted by atomic mass is 35.5. The molecule has 0 radical (unpaired) electrons. The molecule has 5 heterocycles. The quantitative estimate of drug-likeness (QED) is 0.265. The summed E-state index contributed by atoms with van der Waals surface area (Å²) in [6.45, 7) is 13.0. The number of carboxylic acids is 1. The predicted octanol–water partition coefficient (Wildman–Crippen LogP) is 6.12. The summed E-state index contributed by atoms with van der Waals surface area (Å²) in [7, 11) is 2.00. The molecule has 0 bridgehead atoms. The summed E-state index contributed by atoms with van der Waals surface area (Å²) in [6.07, 6.45) is 1.74. The summed E-state index contributed by atoms with van der Waals surface area (Å²) in [5.74, 6) is -0.109. The molecule has 1 aromatic carbocycles. The molecule has 2 aliphatic heterocycles. The Bertz CT molecular complexity index is 1680. The second-order valence-corrected chi connectivity index (χ2v) is 13.2. The van der Waals surface area contributed by atoms with Gasteiger partial charge in [0.1, 0.15) is 11.5 Å². The van der Waals surface area contributed by atoms with E-state index in [1.165, 1.54) is 0 Å². The van der Waals surface area contributed by atoms with E-state index < -0.39 is 17.7 Å². The van der Waals surface area contributed by atoms with Gasteiger partial charge >= 0.3 is 5.97 Å². The number of halogens is 1. The molecule has 3 aromatic heterocycles. The van der Waals surface area contributed by atoms with Crippen LogP contribution >= 0.6 is 11.6 Å². The van der Waals surface area contributed by atoms with Crippen LogP contribution in [-0.2, 0) is 21.3 Å². The van der Waals surface area contributed by atoms with Crippen molar-refractivity contribution in [3.05, 3.63) is 64.9 Å². The lowest BCUT2D eigenvalue weighted by Gasteiger charge is -2.36. The second-order valence-electron chi connectivity index (χ2n) is 12.7. The minimum absolute atomic E-state index is 0.537. The van der Waals surface area contributed by atoms with Crippen LogP contribution in [0, 0.1) is 6.92 Å². The Kier molecular flexibility index (Phi) is 8.41. The number of aryl methyl sites for hydroxylation is 2. The fourth-order valence-electron chi connectivity index (χ4n) is 6.29. The van der Waals surface area contributed by atoms with Crippen molar-refractivity contribution in [3.8, 4) is 22.4 Å². The van der Waals surface area contributed by atoms with Crippen molar-refractivity contribution in [2.24, 2.45) is 7.05 Å². The standard InChI is InChI=1S/C34H40ClN5O4/c1-21-29(31(33(41)42)44-34(2,3)4)30(22-7-9-24(35)10-8-22)26-18-27(38(5)32(26)37-21)23-11-12-36-28(17-23)40-14-6-13-39(15-16-40)25-19-43-20-25/h7-12,17-18,25,31H,6,13-16,19-20H2,1-5H3,(H,41,42)/t31-/m0/s1. The number of benzene rings is 1. The summed E-state index contributed by atoms with van der Waals surface area (Å²) in [4.78, 5) is 27.3. The molecule has 0 aliphatic carbocycles. The number of carboxylic acid groups (broad SMARTS) is 1. The van der Waals surface area contributed by atoms with Gasteiger partial charge in [0.15, 0.2) is 6.10 Å². The molecular weight excluding hydrogens is 578 g/mol. The minimum atomic E-state index is -1.21. The molecule has 4 aromatic rings. The van der Waals surface area contributed by atoms with E-state index in [9.17, 15) is 9.90 Å². The fraction of sp³-hybridized carbons (Fsp3) is 0.441. The van der Waals surface area contributed by atoms with Crippen LogP contribution in [0.15, 0.2) is 48.7 Å². The smallest absolute Gasteiger partial charge is 0.337 e. The Hall–Kier alpha value is -3.50. The highest BCUT2D eigenvalue weighted by Crippen LogP contribution is 2.42. The van der Waals surface area contributed by atoms with Crippen molar-refractivity contribution in [1.29, 1.82) is 0 Å². The average Bonchev–Trinajstić information content (AvgIpc) is 3.10. The van der Waals surface area contributed by atoms with Crippen LogP contribution in [0.1, 0.15) is 44.6 Å². The predicted molar refractivity (Wildman–Crippen MR) is 173 cm³/mol. The molecule has 1 N–H and O–H groups in total. The lowest BCUT2D eigenvalue weighted by molar-refractivity contribution is -0.160. The zero-order valence-electron chi connectivity index (χ0n) is 26.0. The Balaban J connectivity index is 1.45. The van der Waals surface area contributed by atoms with Crippen molar-refractivity contribution in [3.63, 3.8) is 0 Å². The number of rotatable bonds is 7. The number of anilines is 1. The van der Waals surface area contributed by atoms with Gasteiger partial charge in [-0.3, -0.25) is 4.90 Å². The number of hydrogen-bond acceptors (Lipinski definition) is 7. The van der Waals surface area contributed by atoms with Crippen molar-refractivity contribution in [2.75, 3.05) is 44.3 Å². The lowest BCUT2D eigenvalue weighted by atomic mass is 9.92. The van der Waals surface area contributed by atoms with E-state index in [-0.39, 0.29) is 0 Å². The number of aromatic nitrogens is 3. The molecule has 0 spiro atoms. The molecule has 9 nitrogen and oxygen atoms in total. The number of carbonyl (C=O) groups is 1. The van der Waals surface area contributed by atoms with Crippen LogP contribution in [0.2, 0.25) is 5.02 Å². The van der Waals surface area contributed by atoms with Gasteiger partial charge < -0.3 is 24.0 Å². The first-order chi connectivity index (χ1) is 21.0. The van der Waals surface area contributed by atoms with Gasteiger partial charge in [-0.15, -0.1) is 0 Å². The first-order valence-corrected chi connectivity index (χ1v) is 15.6. The zero-order valence-corrected chi connectivity index (χ0v) is 26.8.